The zero-order chi connectivity index (χ0) is 17.9. The molecule has 3 nitrogen and oxygen atoms in total. The van der Waals surface area contributed by atoms with Crippen molar-refractivity contribution in [1.82, 2.24) is 5.32 Å². The molecule has 2 saturated carbocycles. The summed E-state index contributed by atoms with van der Waals surface area (Å²) in [6.07, 6.45) is 9.50. The number of hydrogen-bond acceptors (Lipinski definition) is 2. The monoisotopic (exact) mass is 453 g/mol. The fourth-order valence-corrected chi connectivity index (χ4v) is 5.68. The van der Waals surface area contributed by atoms with Crippen molar-refractivity contribution >= 4 is 28.6 Å². The lowest BCUT2D eigenvalue weighted by molar-refractivity contribution is -0.131. The molecule has 0 radical (unpaired) electrons. The molecule has 1 atom stereocenters. The Morgan fingerprint density at radius 3 is 2.20 bits per heavy atom. The minimum atomic E-state index is -0.794. The first-order valence-electron chi connectivity index (χ1n) is 9.49. The van der Waals surface area contributed by atoms with Crippen molar-refractivity contribution < 1.29 is 9.90 Å². The van der Waals surface area contributed by atoms with Crippen LogP contribution in [0.15, 0.2) is 39.5 Å². The van der Waals surface area contributed by atoms with Gasteiger partial charge >= 0.3 is 5.97 Å². The molecule has 0 aliphatic heterocycles. The van der Waals surface area contributed by atoms with Gasteiger partial charge in [0, 0.05) is 6.04 Å². The summed E-state index contributed by atoms with van der Waals surface area (Å²) in [6, 6.07) is 10.9. The lowest BCUT2D eigenvalue weighted by Gasteiger charge is -2.40. The van der Waals surface area contributed by atoms with Gasteiger partial charge in [-0.25, -0.2) is 4.79 Å². The summed E-state index contributed by atoms with van der Waals surface area (Å²) in [5.74, 6) is -0.431. The van der Waals surface area contributed by atoms with Crippen LogP contribution in [0.2, 0.25) is 0 Å². The second-order valence-electron chi connectivity index (χ2n) is 7.63. The molecule has 136 valence electrons. The predicted molar refractivity (Wildman–Crippen MR) is 110 cm³/mol. The van der Waals surface area contributed by atoms with Gasteiger partial charge in [-0.3, -0.25) is 0 Å². The predicted octanol–water partition coefficient (Wildman–Crippen LogP) is 5.40. The van der Waals surface area contributed by atoms with Crippen LogP contribution in [0, 0.1) is 5.92 Å². The van der Waals surface area contributed by atoms with Crippen molar-refractivity contribution in [2.75, 3.05) is 0 Å². The molecule has 2 fully saturated rings. The Morgan fingerprint density at radius 1 is 1.08 bits per heavy atom. The highest BCUT2D eigenvalue weighted by Gasteiger charge is 2.41. The van der Waals surface area contributed by atoms with E-state index >= 15 is 0 Å². The second kappa shape index (κ2) is 8.21. The van der Waals surface area contributed by atoms with Crippen molar-refractivity contribution in [3.8, 4) is 0 Å². The van der Waals surface area contributed by atoms with Gasteiger partial charge in [-0.2, -0.15) is 0 Å². The van der Waals surface area contributed by atoms with Crippen LogP contribution in [0.3, 0.4) is 0 Å². The number of carboxylic acid groups (broad SMARTS) is 1. The van der Waals surface area contributed by atoms with Crippen LogP contribution in [0.5, 0.6) is 0 Å². The highest BCUT2D eigenvalue weighted by molar-refractivity contribution is 14.1. The Bertz CT molecular complexity index is 631. The molecule has 25 heavy (non-hydrogen) atoms. The normalized spacial score (nSPS) is 22.6. The van der Waals surface area contributed by atoms with E-state index in [9.17, 15) is 9.90 Å². The van der Waals surface area contributed by atoms with Crippen molar-refractivity contribution in [2.24, 2.45) is 5.92 Å². The molecule has 2 aliphatic carbocycles. The molecule has 0 amide bonds. The lowest BCUT2D eigenvalue weighted by Crippen LogP contribution is -2.48. The maximum absolute atomic E-state index is 11.9. The third kappa shape index (κ3) is 4.11. The van der Waals surface area contributed by atoms with Crippen LogP contribution in [-0.2, 0) is 10.3 Å². The van der Waals surface area contributed by atoms with Gasteiger partial charge in [-0.1, -0.05) is 56.0 Å². The van der Waals surface area contributed by atoms with E-state index in [1.165, 1.54) is 44.1 Å². The van der Waals surface area contributed by atoms with Crippen LogP contribution in [-0.4, -0.2) is 17.1 Å². The fourth-order valence-electron chi connectivity index (χ4n) is 4.70. The van der Waals surface area contributed by atoms with E-state index in [4.69, 9.17) is 0 Å². The highest BCUT2D eigenvalue weighted by Crippen LogP contribution is 2.45. The average Bonchev–Trinajstić information content (AvgIpc) is 3.30. The van der Waals surface area contributed by atoms with E-state index in [1.54, 1.807) is 0 Å². The first-order valence-corrected chi connectivity index (χ1v) is 10.6. The quantitative estimate of drug-likeness (QED) is 0.448. The maximum Gasteiger partial charge on any atom is 0.341 e. The van der Waals surface area contributed by atoms with Crippen LogP contribution < -0.4 is 5.32 Å². The van der Waals surface area contributed by atoms with Gasteiger partial charge in [-0.05, 0) is 72.3 Å². The Kier molecular flexibility index (Phi) is 6.21. The number of hydrogen-bond donors (Lipinski definition) is 2. The fraction of sp³-hybridized carbons (Fsp3) is 0.571. The van der Waals surface area contributed by atoms with E-state index in [0.717, 1.165) is 18.4 Å². The third-order valence-electron chi connectivity index (χ3n) is 5.93. The van der Waals surface area contributed by atoms with Crippen molar-refractivity contribution in [3.63, 3.8) is 0 Å². The maximum atomic E-state index is 11.9. The summed E-state index contributed by atoms with van der Waals surface area (Å²) >= 11 is 2.06. The number of nitrogens with one attached hydrogen (secondary N) is 1. The van der Waals surface area contributed by atoms with Crippen LogP contribution >= 0.6 is 22.6 Å². The summed E-state index contributed by atoms with van der Waals surface area (Å²) in [6.45, 7) is 2.20. The minimum absolute atomic E-state index is 0.363. The van der Waals surface area contributed by atoms with E-state index in [-0.39, 0.29) is 0 Å². The smallest absolute Gasteiger partial charge is 0.341 e. The minimum Gasteiger partial charge on any atom is -0.477 e. The van der Waals surface area contributed by atoms with E-state index in [0.29, 0.717) is 15.5 Å². The molecule has 1 unspecified atom stereocenters. The van der Waals surface area contributed by atoms with Gasteiger partial charge in [-0.15, -0.1) is 0 Å². The van der Waals surface area contributed by atoms with Gasteiger partial charge in [0.2, 0.25) is 0 Å². The second-order valence-corrected chi connectivity index (χ2v) is 8.71. The number of benzene rings is 1. The number of rotatable bonds is 6. The number of carboxylic acids is 1. The molecular weight excluding hydrogens is 425 g/mol. The van der Waals surface area contributed by atoms with Crippen molar-refractivity contribution in [1.29, 1.82) is 0 Å². The van der Waals surface area contributed by atoms with Gasteiger partial charge in [0.15, 0.2) is 0 Å². The first-order chi connectivity index (χ1) is 12.0. The van der Waals surface area contributed by atoms with Gasteiger partial charge in [0.1, 0.15) is 0 Å². The number of carbonyl (C=O) groups is 1. The standard InChI is InChI=1S/C21H28INO2/c1-21(16-11-3-2-4-12-16,23-17-13-7-8-14-17)18(19(22)20(24)25)15-9-5-6-10-15/h2-4,11-12,15,17,23H,5-10,13-14H2,1H3,(H,24,25). The first kappa shape index (κ1) is 18.9. The Hall–Kier alpha value is -0.880. The van der Waals surface area contributed by atoms with Crippen LogP contribution in [0.4, 0.5) is 0 Å². The van der Waals surface area contributed by atoms with Gasteiger partial charge in [0.25, 0.3) is 0 Å². The molecule has 3 rings (SSSR count). The molecule has 2 N–H and O–H groups in total. The highest BCUT2D eigenvalue weighted by atomic mass is 127. The molecular formula is C21H28INO2. The van der Waals surface area contributed by atoms with Gasteiger partial charge < -0.3 is 10.4 Å². The van der Waals surface area contributed by atoms with Gasteiger partial charge in [0.05, 0.1) is 9.12 Å². The third-order valence-corrected chi connectivity index (χ3v) is 6.97. The van der Waals surface area contributed by atoms with Crippen molar-refractivity contribution in [2.45, 2.75) is 69.9 Å². The molecule has 4 heteroatoms. The summed E-state index contributed by atoms with van der Waals surface area (Å²) in [5.41, 5.74) is 1.86. The van der Waals surface area contributed by atoms with Crippen LogP contribution in [0.25, 0.3) is 0 Å². The lowest BCUT2D eigenvalue weighted by atomic mass is 9.76. The Labute approximate surface area is 164 Å². The van der Waals surface area contributed by atoms with E-state index in [1.807, 2.05) is 6.07 Å². The molecule has 2 aliphatic rings. The molecule has 0 spiro atoms. The Balaban J connectivity index is 2.09. The zero-order valence-corrected chi connectivity index (χ0v) is 17.1. The molecule has 1 aromatic rings. The average molecular weight is 453 g/mol. The summed E-state index contributed by atoms with van der Waals surface area (Å²) < 4.78 is 0.501. The topological polar surface area (TPSA) is 49.3 Å². The number of halogens is 1. The summed E-state index contributed by atoms with van der Waals surface area (Å²) in [4.78, 5) is 11.9. The Morgan fingerprint density at radius 2 is 1.64 bits per heavy atom. The molecule has 0 bridgehead atoms. The SMILES string of the molecule is CC(NC1CCCC1)(C(=C(I)C(=O)O)C1CCCC1)c1ccccc1. The van der Waals surface area contributed by atoms with Crippen molar-refractivity contribution in [3.05, 3.63) is 45.0 Å². The largest absolute Gasteiger partial charge is 0.477 e. The van der Waals surface area contributed by atoms with Crippen LogP contribution in [0.1, 0.15) is 63.9 Å². The molecule has 0 aromatic heterocycles. The molecule has 0 saturated heterocycles. The van der Waals surface area contributed by atoms with E-state index in [2.05, 4.69) is 59.1 Å². The summed E-state index contributed by atoms with van der Waals surface area (Å²) in [5, 5.41) is 13.7. The zero-order valence-electron chi connectivity index (χ0n) is 14.9. The molecule has 0 heterocycles. The number of aliphatic carboxylic acids is 1. The summed E-state index contributed by atoms with van der Waals surface area (Å²) in [7, 11) is 0. The van der Waals surface area contributed by atoms with E-state index < -0.39 is 11.5 Å². The molecule has 1 aromatic carbocycles.